The Morgan fingerprint density at radius 1 is 0.264 bits per heavy atom. The molecule has 9 heteroatoms. The van der Waals surface area contributed by atoms with Gasteiger partial charge in [-0.3, -0.25) is 4.79 Å². The summed E-state index contributed by atoms with van der Waals surface area (Å²) in [4.78, 5) is 12.2. The number of rotatable bonds is 3. The van der Waals surface area contributed by atoms with Gasteiger partial charge in [-0.1, -0.05) is 257 Å². The van der Waals surface area contributed by atoms with Crippen LogP contribution in [0.2, 0.25) is 0 Å². The number of ketones is 1. The first-order valence-corrected chi connectivity index (χ1v) is 28.4. The first-order valence-electron chi connectivity index (χ1n) is 22.8. The minimum absolute atomic E-state index is 0.104. The van der Waals surface area contributed by atoms with E-state index in [2.05, 4.69) is 221 Å². The summed E-state index contributed by atoms with van der Waals surface area (Å²) in [5.41, 5.74) is 14.8. The van der Waals surface area contributed by atoms with Crippen LogP contribution in [0.15, 0.2) is 262 Å². The summed E-state index contributed by atoms with van der Waals surface area (Å²) in [5.74, 6) is 0.104. The predicted molar refractivity (Wildman–Crippen MR) is 320 cm³/mol. The third-order valence-electron chi connectivity index (χ3n) is 13.2. The van der Waals surface area contributed by atoms with Crippen molar-refractivity contribution in [1.82, 2.24) is 0 Å². The molecular formula is C63H39Br7O2. The number of fused-ring (bicyclic) bond motifs is 9. The van der Waals surface area contributed by atoms with Crippen LogP contribution >= 0.6 is 112 Å². The number of hydrogen-bond acceptors (Lipinski definition) is 2. The van der Waals surface area contributed by atoms with Gasteiger partial charge in [0.25, 0.3) is 0 Å². The molecule has 72 heavy (non-hydrogen) atoms. The van der Waals surface area contributed by atoms with Crippen molar-refractivity contribution in [3.63, 3.8) is 0 Å². The van der Waals surface area contributed by atoms with E-state index < -0.39 is 5.60 Å². The fourth-order valence-corrected chi connectivity index (χ4v) is 12.6. The Kier molecular flexibility index (Phi) is 15.2. The Labute approximate surface area is 478 Å². The van der Waals surface area contributed by atoms with Gasteiger partial charge in [0.15, 0.2) is 5.78 Å². The molecule has 0 heterocycles. The zero-order valence-corrected chi connectivity index (χ0v) is 49.0. The summed E-state index contributed by atoms with van der Waals surface area (Å²) in [6, 6.07) is 78.6. The topological polar surface area (TPSA) is 37.3 Å². The number of hydrogen-bond donors (Lipinski definition) is 1. The van der Waals surface area contributed by atoms with Gasteiger partial charge in [-0.2, -0.15) is 0 Å². The number of carbonyl (C=O) groups is 1. The molecular weight excluding hydrogens is 1350 g/mol. The molecule has 10 aromatic carbocycles. The molecule has 352 valence electrons. The minimum Gasteiger partial charge on any atom is -0.376 e. The van der Waals surface area contributed by atoms with Gasteiger partial charge in [0.2, 0.25) is 0 Å². The summed E-state index contributed by atoms with van der Waals surface area (Å²) in [6.45, 7) is 0. The molecule has 0 bridgehead atoms. The van der Waals surface area contributed by atoms with Gasteiger partial charge in [0, 0.05) is 53.6 Å². The normalized spacial score (nSPS) is 13.2. The summed E-state index contributed by atoms with van der Waals surface area (Å²) in [6.07, 6.45) is 0. The van der Waals surface area contributed by atoms with Crippen LogP contribution in [0, 0.1) is 0 Å². The largest absolute Gasteiger partial charge is 0.376 e. The van der Waals surface area contributed by atoms with Gasteiger partial charge in [-0.05, 0) is 146 Å². The smallest absolute Gasteiger partial charge is 0.194 e. The summed E-state index contributed by atoms with van der Waals surface area (Å²) >= 11 is 24.6. The average Bonchev–Trinajstić information content (AvgIpc) is 3.94. The fourth-order valence-electron chi connectivity index (χ4n) is 10.1. The number of aliphatic hydroxyl groups is 1. The van der Waals surface area contributed by atoms with Gasteiger partial charge in [-0.15, -0.1) is 0 Å². The third kappa shape index (κ3) is 9.61. The highest BCUT2D eigenvalue weighted by molar-refractivity contribution is 9.11. The molecule has 0 radical (unpaired) electrons. The highest BCUT2D eigenvalue weighted by Gasteiger charge is 2.46. The monoisotopic (exact) mass is 1380 g/mol. The molecule has 0 saturated heterocycles. The molecule has 13 rings (SSSR count). The van der Waals surface area contributed by atoms with Gasteiger partial charge >= 0.3 is 0 Å². The van der Waals surface area contributed by atoms with E-state index in [0.717, 1.165) is 81.4 Å². The molecule has 0 spiro atoms. The van der Waals surface area contributed by atoms with Crippen molar-refractivity contribution in [1.29, 1.82) is 0 Å². The highest BCUT2D eigenvalue weighted by atomic mass is 79.9. The Morgan fingerprint density at radius 2 is 0.542 bits per heavy atom. The van der Waals surface area contributed by atoms with Crippen molar-refractivity contribution in [2.75, 3.05) is 0 Å². The maximum atomic E-state index is 12.2. The van der Waals surface area contributed by atoms with Crippen LogP contribution in [0.25, 0.3) is 33.4 Å². The van der Waals surface area contributed by atoms with Crippen molar-refractivity contribution in [2.45, 2.75) is 11.0 Å². The second kappa shape index (κ2) is 21.6. The molecule has 2 nitrogen and oxygen atoms in total. The van der Waals surface area contributed by atoms with Crippen LogP contribution < -0.4 is 0 Å². The van der Waals surface area contributed by atoms with Crippen LogP contribution in [0.3, 0.4) is 0 Å². The minimum atomic E-state index is -1.13. The molecule has 3 aliphatic carbocycles. The molecule has 0 fully saturated rings. The lowest BCUT2D eigenvalue weighted by atomic mass is 9.68. The van der Waals surface area contributed by atoms with Gasteiger partial charge in [0.05, 0.1) is 5.41 Å². The van der Waals surface area contributed by atoms with Gasteiger partial charge < -0.3 is 5.11 Å². The van der Waals surface area contributed by atoms with Gasteiger partial charge in [-0.25, -0.2) is 0 Å². The van der Waals surface area contributed by atoms with E-state index in [-0.39, 0.29) is 11.2 Å². The molecule has 10 aromatic rings. The molecule has 0 atom stereocenters. The van der Waals surface area contributed by atoms with Crippen molar-refractivity contribution in [3.8, 4) is 33.4 Å². The Bertz CT molecular complexity index is 3440. The lowest BCUT2D eigenvalue weighted by Crippen LogP contribution is -2.28. The standard InChI is InChI=1S/C25H16Br2.C19H12Br2O.C13H6Br2O.C6H5Br/c26-19-11-13-21-22-14-12-20(27)16-24(22)25(23(21)15-19,17-7-3-1-4-8-17)18-9-5-2-6-10-18;20-13-6-8-15-16-9-7-14(21)11-18(16)19(22,17(15)10-13)12-4-2-1-3-5-12;14-7-1-3-9-10-4-2-8(15)6-12(10)13(16)11(9)5-7;7-6-4-2-1-3-5-6/h1-16H;1-11,22H;1-6H;1-5H. The average molecular weight is 1390 g/mol. The van der Waals surface area contributed by atoms with E-state index in [1.165, 1.54) is 33.4 Å². The third-order valence-corrected chi connectivity index (χ3v) is 16.7. The number of benzene rings is 10. The van der Waals surface area contributed by atoms with Crippen molar-refractivity contribution < 1.29 is 9.90 Å². The van der Waals surface area contributed by atoms with E-state index in [4.69, 9.17) is 0 Å². The SMILES string of the molecule is Brc1ccc2c(c1)C(c1ccccc1)(c1ccccc1)c1cc(Br)ccc1-2.Brc1ccccc1.O=C1c2cc(Br)ccc2-c2ccc(Br)cc21.OC1(c2ccccc2)c2cc(Br)ccc2-c2ccc(Br)cc21. The van der Waals surface area contributed by atoms with Crippen molar-refractivity contribution in [3.05, 3.63) is 312 Å². The summed E-state index contributed by atoms with van der Waals surface area (Å²) < 4.78 is 7.14. The lowest BCUT2D eigenvalue weighted by molar-refractivity contribution is 0.104. The molecule has 0 amide bonds. The van der Waals surface area contributed by atoms with E-state index in [0.29, 0.717) is 0 Å². The number of halogens is 7. The van der Waals surface area contributed by atoms with Crippen LogP contribution in [0.5, 0.6) is 0 Å². The van der Waals surface area contributed by atoms with E-state index in [9.17, 15) is 9.90 Å². The zero-order chi connectivity index (χ0) is 50.1. The second-order valence-corrected chi connectivity index (χ2v) is 23.7. The van der Waals surface area contributed by atoms with Crippen LogP contribution in [-0.4, -0.2) is 10.9 Å². The summed E-state index contributed by atoms with van der Waals surface area (Å²) in [5, 5.41) is 11.7. The van der Waals surface area contributed by atoms with Crippen LogP contribution in [0.1, 0.15) is 54.9 Å². The second-order valence-electron chi connectivity index (χ2n) is 17.3. The highest BCUT2D eigenvalue weighted by Crippen LogP contribution is 2.57. The van der Waals surface area contributed by atoms with E-state index in [1.807, 2.05) is 121 Å². The molecule has 0 saturated carbocycles. The molecule has 0 aliphatic heterocycles. The van der Waals surface area contributed by atoms with Crippen molar-refractivity contribution in [2.24, 2.45) is 0 Å². The zero-order valence-electron chi connectivity index (χ0n) is 37.9. The fraction of sp³-hybridized carbons (Fsp3) is 0.0317. The van der Waals surface area contributed by atoms with Crippen molar-refractivity contribution >= 4 is 117 Å². The molecule has 0 aromatic heterocycles. The van der Waals surface area contributed by atoms with Crippen LogP contribution in [0.4, 0.5) is 0 Å². The maximum absolute atomic E-state index is 12.2. The first-order chi connectivity index (χ1) is 34.9. The maximum Gasteiger partial charge on any atom is 0.194 e. The first kappa shape index (κ1) is 50.7. The Morgan fingerprint density at radius 3 is 0.875 bits per heavy atom. The molecule has 3 aliphatic rings. The van der Waals surface area contributed by atoms with E-state index in [1.54, 1.807) is 0 Å². The lowest BCUT2D eigenvalue weighted by Gasteiger charge is -2.34. The quantitative estimate of drug-likeness (QED) is 0.191. The number of carbonyl (C=O) groups excluding carboxylic acids is 1. The Balaban J connectivity index is 0.000000119. The molecule has 1 N–H and O–H groups in total. The van der Waals surface area contributed by atoms with Gasteiger partial charge in [0.1, 0.15) is 5.60 Å². The molecule has 0 unspecified atom stereocenters. The van der Waals surface area contributed by atoms with E-state index >= 15 is 0 Å². The predicted octanol–water partition coefficient (Wildman–Crippen LogP) is 19.9. The summed E-state index contributed by atoms with van der Waals surface area (Å²) in [7, 11) is 0. The Hall–Kier alpha value is -4.81. The van der Waals surface area contributed by atoms with Crippen LogP contribution in [-0.2, 0) is 11.0 Å².